The van der Waals surface area contributed by atoms with Crippen LogP contribution < -0.4 is 10.6 Å². The molecule has 2 amide bonds. The van der Waals surface area contributed by atoms with E-state index in [0.717, 1.165) is 35.1 Å². The highest BCUT2D eigenvalue weighted by Gasteiger charge is 2.31. The molecule has 10 nitrogen and oxygen atoms in total. The Kier molecular flexibility index (Phi) is 5.70. The fourth-order valence-electron chi connectivity index (χ4n) is 4.28. The molecule has 2 aliphatic carbocycles. The first-order chi connectivity index (χ1) is 16.5. The molecule has 34 heavy (non-hydrogen) atoms. The summed E-state index contributed by atoms with van der Waals surface area (Å²) in [7, 11) is 0. The Bertz CT molecular complexity index is 1210. The summed E-state index contributed by atoms with van der Waals surface area (Å²) < 4.78 is 5.44. The average Bonchev–Trinajstić information content (AvgIpc) is 3.43. The molecule has 4 N–H and O–H groups in total. The maximum Gasteiger partial charge on any atom is 0.414 e. The van der Waals surface area contributed by atoms with Gasteiger partial charge in [-0.2, -0.15) is 4.98 Å². The number of fused-ring (bicyclic) bond motifs is 3. The summed E-state index contributed by atoms with van der Waals surface area (Å²) in [4.78, 5) is 40.0. The number of carbonyl (C=O) groups is 3. The fraction of sp³-hybridized carbons (Fsp3) is 0.292. The number of carboxylic acids is 1. The summed E-state index contributed by atoms with van der Waals surface area (Å²) in [5.74, 6) is -1.92. The van der Waals surface area contributed by atoms with Gasteiger partial charge in [0, 0.05) is 5.92 Å². The lowest BCUT2D eigenvalue weighted by Crippen LogP contribution is -2.41. The van der Waals surface area contributed by atoms with E-state index in [4.69, 9.17) is 4.74 Å². The third-order valence-electron chi connectivity index (χ3n) is 6.13. The van der Waals surface area contributed by atoms with Crippen LogP contribution in [-0.2, 0) is 9.53 Å². The number of aliphatic carboxylic acids is 1. The van der Waals surface area contributed by atoms with Gasteiger partial charge < -0.3 is 15.2 Å². The summed E-state index contributed by atoms with van der Waals surface area (Å²) in [6.07, 6.45) is 1.55. The van der Waals surface area contributed by atoms with Crippen LogP contribution in [0.4, 0.5) is 10.7 Å². The van der Waals surface area contributed by atoms with Crippen molar-refractivity contribution in [3.05, 3.63) is 65.5 Å². The Balaban J connectivity index is 1.18. The van der Waals surface area contributed by atoms with Gasteiger partial charge in [-0.15, -0.1) is 5.10 Å². The summed E-state index contributed by atoms with van der Waals surface area (Å²) in [5.41, 5.74) is 4.43. The second-order valence-corrected chi connectivity index (χ2v) is 8.50. The van der Waals surface area contributed by atoms with E-state index in [1.807, 2.05) is 48.5 Å². The van der Waals surface area contributed by atoms with Crippen molar-refractivity contribution in [3.63, 3.8) is 0 Å². The number of H-pyrrole nitrogens is 1. The van der Waals surface area contributed by atoms with Crippen LogP contribution in [0.15, 0.2) is 48.5 Å². The van der Waals surface area contributed by atoms with E-state index < -0.39 is 24.0 Å². The first kappa shape index (κ1) is 21.6. The van der Waals surface area contributed by atoms with Gasteiger partial charge in [-0.25, -0.2) is 9.59 Å². The second kappa shape index (κ2) is 8.97. The number of aromatic nitrogens is 3. The number of carbonyl (C=O) groups excluding carboxylic acids is 2. The number of nitrogens with zero attached hydrogens (tertiary/aromatic N) is 2. The number of rotatable bonds is 8. The molecular formula is C24H23N5O5. The highest BCUT2D eigenvalue weighted by atomic mass is 16.5. The number of aromatic amines is 1. The van der Waals surface area contributed by atoms with Crippen molar-refractivity contribution in [3.8, 4) is 11.1 Å². The van der Waals surface area contributed by atoms with Gasteiger partial charge in [-0.1, -0.05) is 61.4 Å². The van der Waals surface area contributed by atoms with Gasteiger partial charge in [0.2, 0.25) is 5.82 Å². The normalized spacial score (nSPS) is 15.2. The highest BCUT2D eigenvalue weighted by Crippen LogP contribution is 2.44. The number of hydrogen-bond donors (Lipinski definition) is 4. The summed E-state index contributed by atoms with van der Waals surface area (Å²) >= 11 is 0. The molecule has 1 atom stereocenters. The van der Waals surface area contributed by atoms with Gasteiger partial charge in [-0.05, 0) is 34.6 Å². The van der Waals surface area contributed by atoms with Crippen molar-refractivity contribution in [2.45, 2.75) is 31.2 Å². The highest BCUT2D eigenvalue weighted by molar-refractivity contribution is 5.94. The zero-order chi connectivity index (χ0) is 23.7. The van der Waals surface area contributed by atoms with Crippen molar-refractivity contribution in [1.82, 2.24) is 20.5 Å². The molecule has 0 unspecified atom stereocenters. The number of amides is 2. The Morgan fingerprint density at radius 1 is 1.06 bits per heavy atom. The number of carboxylic acid groups (broad SMARTS) is 1. The molecule has 10 heteroatoms. The van der Waals surface area contributed by atoms with Crippen LogP contribution in [0.25, 0.3) is 11.1 Å². The number of benzene rings is 2. The van der Waals surface area contributed by atoms with Gasteiger partial charge in [0.25, 0.3) is 11.9 Å². The van der Waals surface area contributed by atoms with E-state index in [-0.39, 0.29) is 24.3 Å². The minimum Gasteiger partial charge on any atom is -0.480 e. The lowest BCUT2D eigenvalue weighted by molar-refractivity contribution is -0.139. The predicted octanol–water partition coefficient (Wildman–Crippen LogP) is 3.15. The molecule has 1 saturated carbocycles. The minimum atomic E-state index is -1.10. The minimum absolute atomic E-state index is 0.0916. The van der Waals surface area contributed by atoms with E-state index in [0.29, 0.717) is 12.3 Å². The van der Waals surface area contributed by atoms with Crippen molar-refractivity contribution < 1.29 is 24.2 Å². The largest absolute Gasteiger partial charge is 0.480 e. The van der Waals surface area contributed by atoms with Crippen LogP contribution >= 0.6 is 0 Å². The molecular weight excluding hydrogens is 438 g/mol. The number of anilines is 1. The van der Waals surface area contributed by atoms with E-state index in [1.165, 1.54) is 0 Å². The summed E-state index contributed by atoms with van der Waals surface area (Å²) in [6, 6.07) is 15.0. The molecule has 2 aliphatic rings. The van der Waals surface area contributed by atoms with Crippen molar-refractivity contribution in [1.29, 1.82) is 0 Å². The fourth-order valence-corrected chi connectivity index (χ4v) is 4.28. The summed E-state index contributed by atoms with van der Waals surface area (Å²) in [6.45, 7) is 0.124. The van der Waals surface area contributed by atoms with E-state index in [9.17, 15) is 19.5 Å². The molecule has 0 radical (unpaired) electrons. The van der Waals surface area contributed by atoms with Gasteiger partial charge >= 0.3 is 12.1 Å². The predicted molar refractivity (Wildman–Crippen MR) is 121 cm³/mol. The molecule has 0 saturated heterocycles. The maximum atomic E-state index is 12.4. The Morgan fingerprint density at radius 2 is 1.71 bits per heavy atom. The molecule has 1 aromatic heterocycles. The Hall–Kier alpha value is -4.21. The molecule has 0 aliphatic heterocycles. The molecule has 1 heterocycles. The van der Waals surface area contributed by atoms with Crippen LogP contribution in [0.3, 0.4) is 0 Å². The van der Waals surface area contributed by atoms with E-state index >= 15 is 0 Å². The van der Waals surface area contributed by atoms with Crippen LogP contribution in [0.5, 0.6) is 0 Å². The summed E-state index contributed by atoms with van der Waals surface area (Å²) in [5, 5.41) is 20.3. The zero-order valence-electron chi connectivity index (χ0n) is 18.2. The smallest absolute Gasteiger partial charge is 0.414 e. The van der Waals surface area contributed by atoms with Gasteiger partial charge in [0.15, 0.2) is 0 Å². The lowest BCUT2D eigenvalue weighted by Gasteiger charge is -2.14. The first-order valence-corrected chi connectivity index (χ1v) is 11.1. The molecule has 0 bridgehead atoms. The number of ether oxygens (including phenoxy) is 1. The zero-order valence-corrected chi connectivity index (χ0v) is 18.2. The molecule has 0 spiro atoms. The SMILES string of the molecule is O=C(Nc1n[nH]c(C(=O)N[C@@H](CC2CC2)C(=O)O)n1)OCC1c2ccccc2-c2ccccc21. The third kappa shape index (κ3) is 4.47. The standard InChI is InChI=1S/C24H23N5O5/c30-21(25-19(22(31)32)11-13-9-10-13)20-26-23(29-28-20)27-24(33)34-12-18-16-7-3-1-5-14(16)15-6-2-4-8-17(15)18/h1-8,13,18-19H,9-12H2,(H,25,30)(H,31,32)(H2,26,27,28,29,33)/t19-/m0/s1. The van der Waals surface area contributed by atoms with Gasteiger partial charge in [0.05, 0.1) is 0 Å². The third-order valence-corrected chi connectivity index (χ3v) is 6.13. The van der Waals surface area contributed by atoms with Crippen molar-refractivity contribution in [2.24, 2.45) is 5.92 Å². The first-order valence-electron chi connectivity index (χ1n) is 11.1. The molecule has 1 fully saturated rings. The van der Waals surface area contributed by atoms with Crippen molar-refractivity contribution in [2.75, 3.05) is 11.9 Å². The van der Waals surface area contributed by atoms with E-state index in [2.05, 4.69) is 25.8 Å². The van der Waals surface area contributed by atoms with Gasteiger partial charge in [-0.3, -0.25) is 15.2 Å². The molecule has 5 rings (SSSR count). The lowest BCUT2D eigenvalue weighted by atomic mass is 9.98. The topological polar surface area (TPSA) is 146 Å². The molecule has 174 valence electrons. The number of hydrogen-bond acceptors (Lipinski definition) is 6. The van der Waals surface area contributed by atoms with E-state index in [1.54, 1.807) is 0 Å². The van der Waals surface area contributed by atoms with Crippen molar-refractivity contribution >= 4 is 23.9 Å². The molecule has 2 aromatic carbocycles. The van der Waals surface area contributed by atoms with Crippen LogP contribution in [0, 0.1) is 5.92 Å². The Labute approximate surface area is 194 Å². The van der Waals surface area contributed by atoms with Crippen LogP contribution in [0.1, 0.15) is 46.9 Å². The molecule has 3 aromatic rings. The quantitative estimate of drug-likeness (QED) is 0.403. The Morgan fingerprint density at radius 3 is 2.32 bits per heavy atom. The van der Waals surface area contributed by atoms with Gasteiger partial charge in [0.1, 0.15) is 12.6 Å². The maximum absolute atomic E-state index is 12.4. The average molecular weight is 461 g/mol. The number of nitrogens with one attached hydrogen (secondary N) is 3. The van der Waals surface area contributed by atoms with Crippen LogP contribution in [-0.4, -0.2) is 50.9 Å². The van der Waals surface area contributed by atoms with Crippen LogP contribution in [0.2, 0.25) is 0 Å². The second-order valence-electron chi connectivity index (χ2n) is 8.50. The monoisotopic (exact) mass is 461 g/mol.